The number of aromatic nitrogens is 3. The van der Waals surface area contributed by atoms with Crippen molar-refractivity contribution in [1.29, 1.82) is 0 Å². The second-order valence-electron chi connectivity index (χ2n) is 3.36. The predicted molar refractivity (Wildman–Crippen MR) is 66.5 cm³/mol. The molecule has 0 aliphatic carbocycles. The van der Waals surface area contributed by atoms with E-state index in [1.165, 1.54) is 0 Å². The van der Waals surface area contributed by atoms with Gasteiger partial charge in [-0.3, -0.25) is 0 Å². The summed E-state index contributed by atoms with van der Waals surface area (Å²) in [5.74, 6) is 1.77. The first-order valence-corrected chi connectivity index (χ1v) is 5.36. The molecule has 17 heavy (non-hydrogen) atoms. The van der Waals surface area contributed by atoms with Crippen LogP contribution in [0.1, 0.15) is 17.4 Å². The highest BCUT2D eigenvalue weighted by atomic mass is 32.1. The van der Waals surface area contributed by atoms with Crippen molar-refractivity contribution in [2.45, 2.75) is 13.5 Å². The van der Waals surface area contributed by atoms with E-state index in [2.05, 4.69) is 20.4 Å². The number of rotatable bonds is 4. The Morgan fingerprint density at radius 1 is 1.47 bits per heavy atom. The molecule has 0 saturated heterocycles. The van der Waals surface area contributed by atoms with Gasteiger partial charge in [-0.1, -0.05) is 23.4 Å². The number of pyridine rings is 1. The minimum absolute atomic E-state index is 0.268. The third-order valence-corrected chi connectivity index (χ3v) is 2.21. The van der Waals surface area contributed by atoms with Crippen LogP contribution in [0.15, 0.2) is 22.7 Å². The highest BCUT2D eigenvalue weighted by Crippen LogP contribution is 2.06. The molecule has 0 amide bonds. The van der Waals surface area contributed by atoms with Gasteiger partial charge in [0.05, 0.1) is 12.2 Å². The van der Waals surface area contributed by atoms with Gasteiger partial charge < -0.3 is 15.6 Å². The minimum atomic E-state index is 0.268. The second-order valence-corrected chi connectivity index (χ2v) is 3.80. The lowest BCUT2D eigenvalue weighted by Gasteiger charge is -2.04. The maximum Gasteiger partial charge on any atom is 0.223 e. The molecule has 0 spiro atoms. The maximum atomic E-state index is 5.49. The van der Waals surface area contributed by atoms with Crippen molar-refractivity contribution in [3.8, 4) is 0 Å². The first kappa shape index (κ1) is 11.5. The zero-order chi connectivity index (χ0) is 12.3. The third kappa shape index (κ3) is 2.97. The van der Waals surface area contributed by atoms with Crippen LogP contribution in [0.2, 0.25) is 0 Å². The molecule has 88 valence electrons. The number of anilines is 1. The molecule has 0 saturated carbocycles. The number of nitrogens with two attached hydrogens (primary N) is 1. The van der Waals surface area contributed by atoms with Gasteiger partial charge in [0.25, 0.3) is 0 Å². The summed E-state index contributed by atoms with van der Waals surface area (Å²) >= 11 is 4.85. The topological polar surface area (TPSA) is 89.9 Å². The monoisotopic (exact) mass is 249 g/mol. The van der Waals surface area contributed by atoms with Gasteiger partial charge in [0, 0.05) is 6.92 Å². The van der Waals surface area contributed by atoms with Crippen LogP contribution in [-0.4, -0.2) is 20.1 Å². The molecule has 0 radical (unpaired) electrons. The van der Waals surface area contributed by atoms with E-state index < -0.39 is 0 Å². The van der Waals surface area contributed by atoms with Crippen LogP contribution in [0, 0.1) is 6.92 Å². The molecule has 7 heteroatoms. The van der Waals surface area contributed by atoms with E-state index in [-0.39, 0.29) is 4.99 Å². The molecule has 0 aliphatic rings. The lowest BCUT2D eigenvalue weighted by Crippen LogP contribution is -2.12. The maximum absolute atomic E-state index is 5.49. The van der Waals surface area contributed by atoms with Crippen molar-refractivity contribution in [3.05, 3.63) is 35.6 Å². The quantitative estimate of drug-likeness (QED) is 0.782. The molecular formula is C10H11N5OS. The average Bonchev–Trinajstić information content (AvgIpc) is 2.73. The van der Waals surface area contributed by atoms with Gasteiger partial charge in [0.1, 0.15) is 10.8 Å². The number of hydrogen-bond acceptors (Lipinski definition) is 6. The normalized spacial score (nSPS) is 10.2. The number of nitrogens with one attached hydrogen (secondary N) is 1. The van der Waals surface area contributed by atoms with Crippen LogP contribution >= 0.6 is 12.2 Å². The zero-order valence-corrected chi connectivity index (χ0v) is 9.99. The van der Waals surface area contributed by atoms with E-state index in [1.54, 1.807) is 13.0 Å². The van der Waals surface area contributed by atoms with Gasteiger partial charge in [-0.25, -0.2) is 4.98 Å². The molecule has 0 unspecified atom stereocenters. The highest BCUT2D eigenvalue weighted by Gasteiger charge is 2.03. The fraction of sp³-hybridized carbons (Fsp3) is 0.200. The smallest absolute Gasteiger partial charge is 0.223 e. The Labute approximate surface area is 103 Å². The van der Waals surface area contributed by atoms with Gasteiger partial charge in [-0.15, -0.1) is 0 Å². The van der Waals surface area contributed by atoms with E-state index >= 15 is 0 Å². The van der Waals surface area contributed by atoms with E-state index in [1.807, 2.05) is 12.1 Å². The molecule has 0 bridgehead atoms. The van der Waals surface area contributed by atoms with Crippen LogP contribution < -0.4 is 11.1 Å². The second kappa shape index (κ2) is 4.88. The summed E-state index contributed by atoms with van der Waals surface area (Å²) in [4.78, 5) is 8.56. The molecule has 2 aromatic heterocycles. The molecular weight excluding hydrogens is 238 g/mol. The highest BCUT2D eigenvalue weighted by molar-refractivity contribution is 7.80. The van der Waals surface area contributed by atoms with Crippen LogP contribution in [0.5, 0.6) is 0 Å². The fourth-order valence-corrected chi connectivity index (χ4v) is 1.37. The van der Waals surface area contributed by atoms with Crippen molar-refractivity contribution in [2.75, 3.05) is 5.32 Å². The first-order valence-electron chi connectivity index (χ1n) is 4.95. The Morgan fingerprint density at radius 2 is 2.29 bits per heavy atom. The summed E-state index contributed by atoms with van der Waals surface area (Å²) in [5, 5.41) is 6.82. The van der Waals surface area contributed by atoms with E-state index in [0.29, 0.717) is 29.8 Å². The molecule has 3 N–H and O–H groups in total. The molecule has 0 atom stereocenters. The van der Waals surface area contributed by atoms with Gasteiger partial charge in [-0.2, -0.15) is 4.98 Å². The van der Waals surface area contributed by atoms with Crippen molar-refractivity contribution < 1.29 is 4.52 Å². The molecule has 0 aliphatic heterocycles. The number of hydrogen-bond donors (Lipinski definition) is 2. The van der Waals surface area contributed by atoms with E-state index in [4.69, 9.17) is 22.5 Å². The number of nitrogens with zero attached hydrogens (tertiary/aromatic N) is 3. The third-order valence-electron chi connectivity index (χ3n) is 2.00. The van der Waals surface area contributed by atoms with Crippen LogP contribution in [-0.2, 0) is 6.54 Å². The average molecular weight is 249 g/mol. The Kier molecular flexibility index (Phi) is 3.29. The summed E-state index contributed by atoms with van der Waals surface area (Å²) in [7, 11) is 0. The van der Waals surface area contributed by atoms with Gasteiger partial charge in [0.2, 0.25) is 5.89 Å². The molecule has 0 aromatic carbocycles. The Morgan fingerprint density at radius 3 is 2.94 bits per heavy atom. The van der Waals surface area contributed by atoms with Crippen LogP contribution in [0.25, 0.3) is 0 Å². The van der Waals surface area contributed by atoms with Gasteiger partial charge >= 0.3 is 0 Å². The predicted octanol–water partition coefficient (Wildman–Crippen LogP) is 1.02. The number of aryl methyl sites for hydroxylation is 1. The summed E-state index contributed by atoms with van der Waals surface area (Å²) in [5.41, 5.74) is 6.07. The first-order chi connectivity index (χ1) is 8.15. The van der Waals surface area contributed by atoms with Crippen molar-refractivity contribution in [3.63, 3.8) is 0 Å². The van der Waals surface area contributed by atoms with Crippen LogP contribution in [0.4, 0.5) is 5.82 Å². The van der Waals surface area contributed by atoms with Gasteiger partial charge in [0.15, 0.2) is 5.82 Å². The summed E-state index contributed by atoms with van der Waals surface area (Å²) in [6.07, 6.45) is 0. The minimum Gasteiger partial charge on any atom is -0.388 e. The molecule has 2 aromatic rings. The Balaban J connectivity index is 2.04. The summed E-state index contributed by atoms with van der Waals surface area (Å²) in [6, 6.07) is 5.39. The standard InChI is InChI=1S/C10H11N5OS/c1-6-13-9(15-16-6)5-12-8-4-2-3-7(14-8)10(11)17/h2-4H,5H2,1H3,(H2,11,17)(H,12,14). The van der Waals surface area contributed by atoms with Crippen molar-refractivity contribution >= 4 is 23.0 Å². The van der Waals surface area contributed by atoms with Crippen molar-refractivity contribution in [2.24, 2.45) is 5.73 Å². The largest absolute Gasteiger partial charge is 0.388 e. The molecule has 0 fully saturated rings. The van der Waals surface area contributed by atoms with E-state index in [0.717, 1.165) is 0 Å². The van der Waals surface area contributed by atoms with Crippen LogP contribution in [0.3, 0.4) is 0 Å². The summed E-state index contributed by atoms with van der Waals surface area (Å²) in [6.45, 7) is 2.17. The van der Waals surface area contributed by atoms with Gasteiger partial charge in [-0.05, 0) is 12.1 Å². The molecule has 2 rings (SSSR count). The Bertz CT molecular complexity index is 539. The zero-order valence-electron chi connectivity index (χ0n) is 9.17. The fourth-order valence-electron chi connectivity index (χ4n) is 1.25. The Hall–Kier alpha value is -2.02. The van der Waals surface area contributed by atoms with E-state index in [9.17, 15) is 0 Å². The SMILES string of the molecule is Cc1nc(CNc2cccc(C(N)=S)n2)no1. The molecule has 2 heterocycles. The summed E-state index contributed by atoms with van der Waals surface area (Å²) < 4.78 is 4.85. The lowest BCUT2D eigenvalue weighted by molar-refractivity contribution is 0.388. The molecule has 6 nitrogen and oxygen atoms in total. The lowest BCUT2D eigenvalue weighted by atomic mass is 10.3. The van der Waals surface area contributed by atoms with Crippen molar-refractivity contribution in [1.82, 2.24) is 15.1 Å². The number of thiocarbonyl (C=S) groups is 1.